The molecule has 4 nitrogen and oxygen atoms in total. The highest BCUT2D eigenvalue weighted by molar-refractivity contribution is 5.98. The molecule has 8 aromatic rings. The molecule has 0 spiro atoms. The number of hydrogen-bond acceptors (Lipinski definition) is 3. The van der Waals surface area contributed by atoms with Crippen molar-refractivity contribution in [3.05, 3.63) is 167 Å². The largest absolute Gasteiger partial charge is 0.507 e. The van der Waals surface area contributed by atoms with Crippen LogP contribution >= 0.6 is 0 Å². The number of aryl methyl sites for hydroxylation is 1. The standard InChI is InChI=1S/C60H65N3O/c1-37-36-61-53(38(2)52(37)40-24-19-16-20-25-40)42-30-41(31-44(32-42)58(6,7)8)46-26-21-27-51-54(46)62-56(48-34-45(59(9,10)11)35-49(55(48)64)60(12,13)14)63(51)50-29-28-43(57(3,4)5)33-47(50)39-22-17-15-18-23-39/h15-36,64H,1-14H3/i3D3,4D3,5D3. The summed E-state index contributed by atoms with van der Waals surface area (Å²) in [6.07, 6.45) is 1.93. The summed E-state index contributed by atoms with van der Waals surface area (Å²) in [5.41, 5.74) is 8.81. The molecule has 0 radical (unpaired) electrons. The van der Waals surface area contributed by atoms with E-state index in [0.717, 1.165) is 55.8 Å². The minimum absolute atomic E-state index is 0.0369. The van der Waals surface area contributed by atoms with E-state index in [9.17, 15) is 5.11 Å². The number of rotatable bonds is 6. The second kappa shape index (κ2) is 16.1. The van der Waals surface area contributed by atoms with E-state index >= 15 is 0 Å². The minimum atomic E-state index is -3.49. The number of hydrogen-bond donors (Lipinski definition) is 1. The van der Waals surface area contributed by atoms with E-state index in [-0.39, 0.29) is 22.1 Å². The van der Waals surface area contributed by atoms with E-state index in [1.807, 2.05) is 110 Å². The number of aromatic hydroxyl groups is 1. The van der Waals surface area contributed by atoms with Crippen molar-refractivity contribution in [2.24, 2.45) is 0 Å². The van der Waals surface area contributed by atoms with Gasteiger partial charge in [0.25, 0.3) is 0 Å². The van der Waals surface area contributed by atoms with E-state index in [4.69, 9.17) is 22.3 Å². The summed E-state index contributed by atoms with van der Waals surface area (Å²) in [6.45, 7) is 12.8. The zero-order valence-electron chi connectivity index (χ0n) is 48.0. The Balaban J connectivity index is 1.53. The SMILES string of the molecule is [2H]C([2H])([2H])C(c1ccc(-n2c(-c3cc(C(C)(C)C)cc(C(C)(C)C)c3O)nc3c(-c4cc(-c5ncc(C)c(-c6ccccc6)c5C)cc(C(C)(C)C)c4)cccc32)c(-c2ccccc2)c1)(C([2H])([2H])[2H])C([2H])([2H])[2H]. The van der Waals surface area contributed by atoms with E-state index < -0.39 is 31.4 Å². The second-order valence-corrected chi connectivity index (χ2v) is 20.4. The van der Waals surface area contributed by atoms with Crippen LogP contribution in [0.2, 0.25) is 0 Å². The van der Waals surface area contributed by atoms with Gasteiger partial charge in [-0.25, -0.2) is 4.98 Å². The van der Waals surface area contributed by atoms with Gasteiger partial charge < -0.3 is 5.11 Å². The van der Waals surface area contributed by atoms with Crippen molar-refractivity contribution in [1.29, 1.82) is 0 Å². The molecule has 0 saturated heterocycles. The van der Waals surface area contributed by atoms with Gasteiger partial charge in [0.1, 0.15) is 11.6 Å². The summed E-state index contributed by atoms with van der Waals surface area (Å²) in [7, 11) is 0. The van der Waals surface area contributed by atoms with E-state index in [1.165, 1.54) is 12.1 Å². The van der Waals surface area contributed by atoms with E-state index in [1.54, 1.807) is 6.07 Å². The summed E-state index contributed by atoms with van der Waals surface area (Å²) in [6, 6.07) is 40.2. The van der Waals surface area contributed by atoms with Gasteiger partial charge in [-0.1, -0.05) is 174 Å². The molecule has 326 valence electrons. The van der Waals surface area contributed by atoms with Crippen molar-refractivity contribution < 1.29 is 17.4 Å². The molecule has 0 aliphatic heterocycles. The van der Waals surface area contributed by atoms with E-state index in [2.05, 4.69) is 85.7 Å². The Hall–Kier alpha value is -6.26. The van der Waals surface area contributed by atoms with Crippen molar-refractivity contribution in [3.8, 4) is 67.5 Å². The molecule has 1 N–H and O–H groups in total. The Kier molecular flexibility index (Phi) is 8.58. The number of aromatic nitrogens is 3. The van der Waals surface area contributed by atoms with E-state index in [0.29, 0.717) is 44.8 Å². The average Bonchev–Trinajstić information content (AvgIpc) is 3.66. The maximum atomic E-state index is 12.6. The number of nitrogens with zero attached hydrogens (tertiary/aromatic N) is 3. The number of phenols is 1. The second-order valence-electron chi connectivity index (χ2n) is 20.4. The fourth-order valence-corrected chi connectivity index (χ4v) is 8.81. The molecule has 0 aliphatic rings. The lowest BCUT2D eigenvalue weighted by Gasteiger charge is -2.28. The number of benzene rings is 6. The van der Waals surface area contributed by atoms with Gasteiger partial charge in [0.05, 0.1) is 28.0 Å². The first kappa shape index (κ1) is 34.2. The first-order chi connectivity index (χ1) is 33.8. The number of fused-ring (bicyclic) bond motifs is 1. The van der Waals surface area contributed by atoms with Crippen molar-refractivity contribution in [2.75, 3.05) is 0 Å². The van der Waals surface area contributed by atoms with Crippen LogP contribution in [0, 0.1) is 13.8 Å². The molecular weight excluding hydrogens is 779 g/mol. The average molecular weight is 853 g/mol. The van der Waals surface area contributed by atoms with Crippen LogP contribution in [0.3, 0.4) is 0 Å². The summed E-state index contributed by atoms with van der Waals surface area (Å²) < 4.78 is 79.7. The Morgan fingerprint density at radius 3 is 1.77 bits per heavy atom. The molecule has 6 aromatic carbocycles. The first-order valence-electron chi connectivity index (χ1n) is 26.6. The number of imidazole rings is 1. The van der Waals surface area contributed by atoms with Crippen molar-refractivity contribution in [2.45, 2.75) is 118 Å². The van der Waals surface area contributed by atoms with Crippen LogP contribution in [0.4, 0.5) is 0 Å². The lowest BCUT2D eigenvalue weighted by Crippen LogP contribution is -2.17. The van der Waals surface area contributed by atoms with Gasteiger partial charge in [-0.2, -0.15) is 0 Å². The van der Waals surface area contributed by atoms with Crippen LogP contribution < -0.4 is 0 Å². The van der Waals surface area contributed by atoms with Crippen LogP contribution in [0.25, 0.3) is 72.7 Å². The zero-order valence-corrected chi connectivity index (χ0v) is 39.0. The molecule has 0 bridgehead atoms. The number of phenolic OH excluding ortho intramolecular Hbond substituents is 1. The van der Waals surface area contributed by atoms with Crippen LogP contribution in [-0.4, -0.2) is 19.6 Å². The summed E-state index contributed by atoms with van der Waals surface area (Å²) in [4.78, 5) is 10.6. The lowest BCUT2D eigenvalue weighted by molar-refractivity contribution is 0.446. The Morgan fingerprint density at radius 2 is 1.14 bits per heavy atom. The van der Waals surface area contributed by atoms with Gasteiger partial charge in [0.2, 0.25) is 0 Å². The number of pyridine rings is 1. The summed E-state index contributed by atoms with van der Waals surface area (Å²) in [5, 5.41) is 12.6. The lowest BCUT2D eigenvalue weighted by atomic mass is 9.79. The quantitative estimate of drug-likeness (QED) is 0.181. The minimum Gasteiger partial charge on any atom is -0.507 e. The third kappa shape index (κ3) is 8.31. The van der Waals surface area contributed by atoms with Crippen LogP contribution in [0.1, 0.15) is 129 Å². The van der Waals surface area contributed by atoms with Gasteiger partial charge in [0, 0.05) is 40.8 Å². The molecule has 8 rings (SSSR count). The molecule has 0 fully saturated rings. The molecule has 0 atom stereocenters. The molecule has 0 amide bonds. The van der Waals surface area contributed by atoms with Gasteiger partial charge in [-0.3, -0.25) is 9.55 Å². The molecule has 0 saturated carbocycles. The third-order valence-corrected chi connectivity index (χ3v) is 12.4. The monoisotopic (exact) mass is 853 g/mol. The van der Waals surface area contributed by atoms with Crippen LogP contribution in [-0.2, 0) is 21.7 Å². The van der Waals surface area contributed by atoms with Crippen molar-refractivity contribution in [3.63, 3.8) is 0 Å². The number of para-hydroxylation sites is 1. The highest BCUT2D eigenvalue weighted by Gasteiger charge is 2.30. The molecule has 4 heteroatoms. The topological polar surface area (TPSA) is 50.9 Å². The Morgan fingerprint density at radius 1 is 0.531 bits per heavy atom. The molecule has 64 heavy (non-hydrogen) atoms. The first-order valence-corrected chi connectivity index (χ1v) is 22.1. The molecule has 0 unspecified atom stereocenters. The predicted octanol–water partition coefficient (Wildman–Crippen LogP) is 16.3. The molecule has 2 heterocycles. The van der Waals surface area contributed by atoms with Crippen molar-refractivity contribution >= 4 is 11.0 Å². The summed E-state index contributed by atoms with van der Waals surface area (Å²) >= 11 is 0. The molecular formula is C60H65N3O. The van der Waals surface area contributed by atoms with Crippen LogP contribution in [0.15, 0.2) is 134 Å². The third-order valence-electron chi connectivity index (χ3n) is 12.4. The van der Waals surface area contributed by atoms with Gasteiger partial charge in [-0.05, 0) is 122 Å². The molecule has 2 aromatic heterocycles. The van der Waals surface area contributed by atoms with Gasteiger partial charge in [0.15, 0.2) is 0 Å². The summed E-state index contributed by atoms with van der Waals surface area (Å²) in [5.74, 6) is 0.404. The smallest absolute Gasteiger partial charge is 0.149 e. The Bertz CT molecular complexity index is 3350. The predicted molar refractivity (Wildman–Crippen MR) is 272 cm³/mol. The zero-order chi connectivity index (χ0) is 53.6. The fourth-order valence-electron chi connectivity index (χ4n) is 8.81. The highest BCUT2D eigenvalue weighted by Crippen LogP contribution is 2.46. The van der Waals surface area contributed by atoms with Crippen molar-refractivity contribution in [1.82, 2.24) is 14.5 Å². The normalized spacial score (nSPS) is 15.3. The fraction of sp³-hybridized carbons (Fsp3) is 0.300. The highest BCUT2D eigenvalue weighted by atomic mass is 16.3. The van der Waals surface area contributed by atoms with Crippen LogP contribution in [0.5, 0.6) is 5.75 Å². The maximum absolute atomic E-state index is 12.6. The molecule has 0 aliphatic carbocycles. The Labute approximate surface area is 394 Å². The maximum Gasteiger partial charge on any atom is 0.149 e. The van der Waals surface area contributed by atoms with Gasteiger partial charge >= 0.3 is 0 Å². The van der Waals surface area contributed by atoms with Gasteiger partial charge in [-0.15, -0.1) is 0 Å².